The Kier molecular flexibility index (Phi) is 8.13. The van der Waals surface area contributed by atoms with Gasteiger partial charge in [-0.2, -0.15) is 0 Å². The zero-order valence-corrected chi connectivity index (χ0v) is 16.9. The molecule has 3 nitrogen and oxygen atoms in total. The van der Waals surface area contributed by atoms with Crippen LogP contribution in [-0.2, 0) is 4.74 Å². The highest BCUT2D eigenvalue weighted by atomic mass is 16.5. The average molecular weight is 381 g/mol. The monoisotopic (exact) mass is 380 g/mol. The van der Waals surface area contributed by atoms with Crippen molar-refractivity contribution in [2.75, 3.05) is 19.8 Å². The van der Waals surface area contributed by atoms with Gasteiger partial charge in [0.2, 0.25) is 0 Å². The zero-order valence-electron chi connectivity index (χ0n) is 16.9. The van der Waals surface area contributed by atoms with Crippen molar-refractivity contribution in [3.8, 4) is 5.75 Å². The van der Waals surface area contributed by atoms with Crippen molar-refractivity contribution in [2.24, 2.45) is 0 Å². The molecule has 0 radical (unpaired) electrons. The summed E-state index contributed by atoms with van der Waals surface area (Å²) < 4.78 is 11.7. The van der Waals surface area contributed by atoms with Crippen LogP contribution in [0.1, 0.15) is 45.4 Å². The summed E-state index contributed by atoms with van der Waals surface area (Å²) in [4.78, 5) is 0. The summed E-state index contributed by atoms with van der Waals surface area (Å²) in [6.45, 7) is 3.49. The van der Waals surface area contributed by atoms with Gasteiger partial charge in [-0.25, -0.2) is 0 Å². The number of aliphatic hydroxyl groups excluding tert-OH is 1. The van der Waals surface area contributed by atoms with E-state index in [4.69, 9.17) is 9.47 Å². The van der Waals surface area contributed by atoms with E-state index in [-0.39, 0.29) is 6.61 Å². The van der Waals surface area contributed by atoms with Crippen molar-refractivity contribution >= 4 is 21.5 Å². The first kappa shape index (κ1) is 20.6. The van der Waals surface area contributed by atoms with Crippen molar-refractivity contribution < 1.29 is 14.6 Å². The van der Waals surface area contributed by atoms with E-state index in [9.17, 15) is 5.11 Å². The van der Waals surface area contributed by atoms with Crippen molar-refractivity contribution in [3.63, 3.8) is 0 Å². The Morgan fingerprint density at radius 3 is 2.07 bits per heavy atom. The van der Waals surface area contributed by atoms with Crippen LogP contribution in [0.5, 0.6) is 5.75 Å². The second kappa shape index (κ2) is 11.0. The standard InChI is InChI=1S/C25H32O3/c1-2-3-4-5-6-11-16-27-18-22(26)19-28-25-23-14-9-7-12-20(23)17-21-13-8-10-15-24(21)25/h7-10,12-15,17,22,26H,2-6,11,16,18-19H2,1H3. The lowest BCUT2D eigenvalue weighted by atomic mass is 10.0. The molecular formula is C25H32O3. The molecule has 3 aromatic carbocycles. The second-order valence-electron chi connectivity index (χ2n) is 7.46. The Labute approximate surface area is 168 Å². The largest absolute Gasteiger partial charge is 0.489 e. The maximum Gasteiger partial charge on any atom is 0.135 e. The van der Waals surface area contributed by atoms with E-state index in [0.717, 1.165) is 33.7 Å². The summed E-state index contributed by atoms with van der Waals surface area (Å²) in [6, 6.07) is 18.6. The summed E-state index contributed by atoms with van der Waals surface area (Å²) in [7, 11) is 0. The van der Waals surface area contributed by atoms with Crippen LogP contribution in [0.15, 0.2) is 54.6 Å². The number of fused-ring (bicyclic) bond motifs is 2. The minimum Gasteiger partial charge on any atom is -0.489 e. The fourth-order valence-corrected chi connectivity index (χ4v) is 3.56. The van der Waals surface area contributed by atoms with Crippen LogP contribution in [-0.4, -0.2) is 31.0 Å². The number of ether oxygens (including phenoxy) is 2. The van der Waals surface area contributed by atoms with Crippen LogP contribution in [0.3, 0.4) is 0 Å². The lowest BCUT2D eigenvalue weighted by Crippen LogP contribution is -2.23. The molecule has 0 heterocycles. The van der Waals surface area contributed by atoms with Gasteiger partial charge < -0.3 is 14.6 Å². The Balaban J connectivity index is 1.52. The maximum atomic E-state index is 10.3. The topological polar surface area (TPSA) is 38.7 Å². The molecule has 0 aliphatic heterocycles. The van der Waals surface area contributed by atoms with Crippen LogP contribution < -0.4 is 4.74 Å². The molecule has 0 saturated carbocycles. The summed E-state index contributed by atoms with van der Waals surface area (Å²) in [6.07, 6.45) is 6.81. The molecule has 0 saturated heterocycles. The van der Waals surface area contributed by atoms with Crippen LogP contribution in [0.4, 0.5) is 0 Å². The van der Waals surface area contributed by atoms with Crippen LogP contribution in [0.25, 0.3) is 21.5 Å². The third-order valence-corrected chi connectivity index (χ3v) is 5.09. The summed E-state index contributed by atoms with van der Waals surface area (Å²) >= 11 is 0. The van der Waals surface area contributed by atoms with Gasteiger partial charge in [-0.15, -0.1) is 0 Å². The van der Waals surface area contributed by atoms with Crippen LogP contribution in [0.2, 0.25) is 0 Å². The smallest absolute Gasteiger partial charge is 0.135 e. The quantitative estimate of drug-likeness (QED) is 0.304. The minimum atomic E-state index is -0.627. The summed E-state index contributed by atoms with van der Waals surface area (Å²) in [5, 5.41) is 14.7. The number of rotatable bonds is 12. The van der Waals surface area contributed by atoms with Gasteiger partial charge in [0.25, 0.3) is 0 Å². The van der Waals surface area contributed by atoms with Crippen molar-refractivity contribution in [2.45, 2.75) is 51.6 Å². The van der Waals surface area contributed by atoms with Gasteiger partial charge in [0.05, 0.1) is 6.61 Å². The molecule has 1 N–H and O–H groups in total. The van der Waals surface area contributed by atoms with Gasteiger partial charge in [-0.1, -0.05) is 87.6 Å². The zero-order chi connectivity index (χ0) is 19.6. The van der Waals surface area contributed by atoms with Crippen LogP contribution >= 0.6 is 0 Å². The first-order chi connectivity index (χ1) is 13.8. The molecule has 0 spiro atoms. The highest BCUT2D eigenvalue weighted by molar-refractivity contribution is 6.05. The summed E-state index contributed by atoms with van der Waals surface area (Å²) in [5.74, 6) is 0.837. The number of hydrogen-bond donors (Lipinski definition) is 1. The third kappa shape index (κ3) is 5.70. The van der Waals surface area contributed by atoms with E-state index in [0.29, 0.717) is 13.2 Å². The number of benzene rings is 3. The maximum absolute atomic E-state index is 10.3. The van der Waals surface area contributed by atoms with E-state index in [2.05, 4.69) is 37.3 Å². The minimum absolute atomic E-state index is 0.231. The Morgan fingerprint density at radius 1 is 0.786 bits per heavy atom. The van der Waals surface area contributed by atoms with Crippen molar-refractivity contribution in [3.05, 3.63) is 54.6 Å². The molecule has 0 bridgehead atoms. The fourth-order valence-electron chi connectivity index (χ4n) is 3.56. The second-order valence-corrected chi connectivity index (χ2v) is 7.46. The fraction of sp³-hybridized carbons (Fsp3) is 0.440. The normalized spacial score (nSPS) is 12.5. The highest BCUT2D eigenvalue weighted by Gasteiger charge is 2.11. The number of unbranched alkanes of at least 4 members (excludes halogenated alkanes) is 5. The van der Waals surface area contributed by atoms with Crippen molar-refractivity contribution in [1.29, 1.82) is 0 Å². The molecule has 0 aliphatic rings. The SMILES string of the molecule is CCCCCCCCOCC(O)COc1c2ccccc2cc2ccccc12. The average Bonchev–Trinajstić information content (AvgIpc) is 2.73. The first-order valence-electron chi connectivity index (χ1n) is 10.6. The van der Waals surface area contributed by atoms with Crippen LogP contribution in [0, 0.1) is 0 Å². The van der Waals surface area contributed by atoms with Gasteiger partial charge in [-0.3, -0.25) is 0 Å². The van der Waals surface area contributed by atoms with Gasteiger partial charge >= 0.3 is 0 Å². The number of hydrogen-bond acceptors (Lipinski definition) is 3. The lowest BCUT2D eigenvalue weighted by molar-refractivity contribution is 0.0115. The Morgan fingerprint density at radius 2 is 1.39 bits per heavy atom. The van der Waals surface area contributed by atoms with Gasteiger partial charge in [0.1, 0.15) is 18.5 Å². The molecule has 0 amide bonds. The third-order valence-electron chi connectivity index (χ3n) is 5.09. The molecule has 0 aliphatic carbocycles. The van der Waals surface area contributed by atoms with Crippen molar-refractivity contribution in [1.82, 2.24) is 0 Å². The lowest BCUT2D eigenvalue weighted by Gasteiger charge is -2.16. The molecule has 0 fully saturated rings. The summed E-state index contributed by atoms with van der Waals surface area (Å²) in [5.41, 5.74) is 0. The van der Waals surface area contributed by atoms with E-state index in [1.54, 1.807) is 0 Å². The molecule has 3 aromatic rings. The molecule has 28 heavy (non-hydrogen) atoms. The predicted molar refractivity (Wildman–Crippen MR) is 117 cm³/mol. The molecule has 1 unspecified atom stereocenters. The molecule has 3 heteroatoms. The van der Waals surface area contributed by atoms with E-state index >= 15 is 0 Å². The van der Waals surface area contributed by atoms with E-state index in [1.165, 1.54) is 32.1 Å². The molecule has 150 valence electrons. The highest BCUT2D eigenvalue weighted by Crippen LogP contribution is 2.34. The predicted octanol–water partition coefficient (Wildman–Crippen LogP) is 6.11. The molecule has 1 atom stereocenters. The van der Waals surface area contributed by atoms with Gasteiger partial charge in [-0.05, 0) is 23.3 Å². The Bertz CT molecular complexity index is 805. The van der Waals surface area contributed by atoms with Gasteiger partial charge in [0, 0.05) is 17.4 Å². The van der Waals surface area contributed by atoms with E-state index < -0.39 is 6.10 Å². The number of aliphatic hydroxyl groups is 1. The Hall–Kier alpha value is -2.10. The molecule has 0 aromatic heterocycles. The van der Waals surface area contributed by atoms with E-state index in [1.807, 2.05) is 24.3 Å². The van der Waals surface area contributed by atoms with Gasteiger partial charge in [0.15, 0.2) is 0 Å². The first-order valence-corrected chi connectivity index (χ1v) is 10.6. The molecular weight excluding hydrogens is 348 g/mol. The molecule has 3 rings (SSSR count).